The van der Waals surface area contributed by atoms with Crippen LogP contribution in [0, 0.1) is 27.7 Å². The molecule has 0 atom stereocenters. The summed E-state index contributed by atoms with van der Waals surface area (Å²) in [6.45, 7) is 7.70. The maximum absolute atomic E-state index is 12.4. The Morgan fingerprint density at radius 2 is 1.77 bits per heavy atom. The predicted molar refractivity (Wildman–Crippen MR) is 84.1 cm³/mol. The molecule has 112 valence electrons. The van der Waals surface area contributed by atoms with Crippen LogP contribution in [0.25, 0.3) is 5.78 Å². The normalized spacial score (nSPS) is 10.9. The molecule has 6 nitrogen and oxygen atoms in total. The number of fused-ring (bicyclic) bond motifs is 1. The Hall–Kier alpha value is -2.76. The van der Waals surface area contributed by atoms with Gasteiger partial charge in [-0.3, -0.25) is 4.79 Å². The molecular weight excluding hydrogens is 278 g/mol. The molecule has 6 heteroatoms. The molecule has 3 rings (SSSR count). The van der Waals surface area contributed by atoms with E-state index in [1.807, 2.05) is 52.0 Å². The number of carbonyl (C=O) groups is 1. The number of anilines is 1. The smallest absolute Gasteiger partial charge is 0.295 e. The van der Waals surface area contributed by atoms with Gasteiger partial charge in [0, 0.05) is 17.1 Å². The first-order valence-corrected chi connectivity index (χ1v) is 7.04. The van der Waals surface area contributed by atoms with Gasteiger partial charge >= 0.3 is 0 Å². The van der Waals surface area contributed by atoms with Crippen molar-refractivity contribution in [3.8, 4) is 0 Å². The fourth-order valence-electron chi connectivity index (χ4n) is 2.44. The first-order valence-electron chi connectivity index (χ1n) is 7.04. The fraction of sp³-hybridized carbons (Fsp3) is 0.250. The number of nitrogens with zero attached hydrogens (tertiary/aromatic N) is 4. The molecule has 0 unspecified atom stereocenters. The van der Waals surface area contributed by atoms with Gasteiger partial charge in [0.05, 0.1) is 0 Å². The van der Waals surface area contributed by atoms with Crippen molar-refractivity contribution >= 4 is 17.4 Å². The van der Waals surface area contributed by atoms with Crippen molar-refractivity contribution in [2.24, 2.45) is 0 Å². The summed E-state index contributed by atoms with van der Waals surface area (Å²) >= 11 is 0. The van der Waals surface area contributed by atoms with E-state index in [1.54, 1.807) is 4.52 Å². The molecule has 0 saturated heterocycles. The first-order chi connectivity index (χ1) is 10.5. The van der Waals surface area contributed by atoms with Gasteiger partial charge in [0.25, 0.3) is 11.7 Å². The molecule has 22 heavy (non-hydrogen) atoms. The van der Waals surface area contributed by atoms with Gasteiger partial charge < -0.3 is 5.32 Å². The van der Waals surface area contributed by atoms with E-state index in [0.717, 1.165) is 28.2 Å². The zero-order chi connectivity index (χ0) is 15.9. The Labute approximate surface area is 128 Å². The average Bonchev–Trinajstić information content (AvgIpc) is 2.87. The van der Waals surface area contributed by atoms with Crippen molar-refractivity contribution in [2.75, 3.05) is 5.32 Å². The number of hydrogen-bond acceptors (Lipinski definition) is 4. The number of rotatable bonds is 2. The van der Waals surface area contributed by atoms with Gasteiger partial charge in [0.2, 0.25) is 5.82 Å². The predicted octanol–water partition coefficient (Wildman–Crippen LogP) is 2.61. The molecule has 2 heterocycles. The summed E-state index contributed by atoms with van der Waals surface area (Å²) < 4.78 is 1.58. The second-order valence-corrected chi connectivity index (χ2v) is 5.41. The number of carbonyl (C=O) groups excluding carboxylic acids is 1. The minimum absolute atomic E-state index is 0.115. The highest BCUT2D eigenvalue weighted by molar-refractivity contribution is 6.02. The number of nitrogens with one attached hydrogen (secondary N) is 1. The van der Waals surface area contributed by atoms with Crippen molar-refractivity contribution in [1.82, 2.24) is 19.6 Å². The van der Waals surface area contributed by atoms with Gasteiger partial charge in [-0.2, -0.15) is 4.98 Å². The molecule has 1 amide bonds. The lowest BCUT2D eigenvalue weighted by molar-refractivity contribution is 0.101. The van der Waals surface area contributed by atoms with Crippen LogP contribution in [0.5, 0.6) is 0 Å². The van der Waals surface area contributed by atoms with E-state index in [2.05, 4.69) is 20.4 Å². The lowest BCUT2D eigenvalue weighted by atomic mass is 10.1. The highest BCUT2D eigenvalue weighted by atomic mass is 16.2. The second kappa shape index (κ2) is 5.22. The summed E-state index contributed by atoms with van der Waals surface area (Å²) in [7, 11) is 0. The third-order valence-corrected chi connectivity index (χ3v) is 3.54. The Morgan fingerprint density at radius 1 is 1.09 bits per heavy atom. The van der Waals surface area contributed by atoms with E-state index in [1.165, 1.54) is 0 Å². The first kappa shape index (κ1) is 14.2. The van der Waals surface area contributed by atoms with E-state index in [4.69, 9.17) is 0 Å². The maximum Gasteiger partial charge on any atom is 0.295 e. The average molecular weight is 295 g/mol. The van der Waals surface area contributed by atoms with Crippen molar-refractivity contribution in [1.29, 1.82) is 0 Å². The summed E-state index contributed by atoms with van der Waals surface area (Å²) in [4.78, 5) is 20.9. The highest BCUT2D eigenvalue weighted by Crippen LogP contribution is 2.20. The van der Waals surface area contributed by atoms with Crippen LogP contribution in [0.3, 0.4) is 0 Å². The molecule has 0 radical (unpaired) electrons. The molecule has 0 aliphatic heterocycles. The van der Waals surface area contributed by atoms with Crippen molar-refractivity contribution in [2.45, 2.75) is 27.7 Å². The van der Waals surface area contributed by atoms with E-state index in [9.17, 15) is 4.79 Å². The van der Waals surface area contributed by atoms with E-state index in [-0.39, 0.29) is 11.7 Å². The van der Waals surface area contributed by atoms with Crippen LogP contribution in [-0.2, 0) is 0 Å². The molecule has 2 aromatic heterocycles. The summed E-state index contributed by atoms with van der Waals surface area (Å²) in [5.74, 6) is 0.216. The summed E-state index contributed by atoms with van der Waals surface area (Å²) in [6, 6.07) is 7.76. The van der Waals surface area contributed by atoms with Crippen LogP contribution in [0.4, 0.5) is 5.69 Å². The highest BCUT2D eigenvalue weighted by Gasteiger charge is 2.16. The molecule has 0 bridgehead atoms. The quantitative estimate of drug-likeness (QED) is 0.788. The second-order valence-electron chi connectivity index (χ2n) is 5.41. The topological polar surface area (TPSA) is 72.2 Å². The van der Waals surface area contributed by atoms with Crippen molar-refractivity contribution in [3.05, 3.63) is 52.6 Å². The molecule has 0 fully saturated rings. The monoisotopic (exact) mass is 295 g/mol. The van der Waals surface area contributed by atoms with Crippen LogP contribution in [-0.4, -0.2) is 25.5 Å². The van der Waals surface area contributed by atoms with E-state index in [0.29, 0.717) is 5.78 Å². The van der Waals surface area contributed by atoms with Gasteiger partial charge in [-0.05, 0) is 44.9 Å². The third kappa shape index (κ3) is 2.43. The van der Waals surface area contributed by atoms with Crippen LogP contribution >= 0.6 is 0 Å². The lowest BCUT2D eigenvalue weighted by Gasteiger charge is -2.09. The van der Waals surface area contributed by atoms with Gasteiger partial charge in [-0.15, -0.1) is 5.10 Å². The zero-order valence-corrected chi connectivity index (χ0v) is 13.0. The van der Waals surface area contributed by atoms with Crippen molar-refractivity contribution < 1.29 is 4.79 Å². The Kier molecular flexibility index (Phi) is 3.36. The van der Waals surface area contributed by atoms with Crippen LogP contribution in [0.1, 0.15) is 33.1 Å². The molecule has 0 aliphatic carbocycles. The zero-order valence-electron chi connectivity index (χ0n) is 13.0. The number of hydrogen-bond donors (Lipinski definition) is 1. The van der Waals surface area contributed by atoms with E-state index < -0.39 is 0 Å². The third-order valence-electron chi connectivity index (χ3n) is 3.54. The SMILES string of the molecule is Cc1cc(C)n2nc(C(=O)Nc3c(C)cccc3C)nc2n1. The Morgan fingerprint density at radius 3 is 2.45 bits per heavy atom. The maximum atomic E-state index is 12.4. The molecular formula is C16H17N5O. The standard InChI is InChI=1S/C16H17N5O/c1-9-6-5-7-10(2)13(9)18-15(22)14-19-16-17-11(3)8-12(4)21(16)20-14/h5-8H,1-4H3,(H,18,22). The number of aromatic nitrogens is 4. The van der Waals surface area contributed by atoms with Gasteiger partial charge in [-0.1, -0.05) is 18.2 Å². The molecule has 1 N–H and O–H groups in total. The minimum atomic E-state index is -0.333. The summed E-state index contributed by atoms with van der Waals surface area (Å²) in [5, 5.41) is 7.12. The Bertz CT molecular complexity index is 861. The molecule has 0 saturated carbocycles. The number of aryl methyl sites for hydroxylation is 4. The van der Waals surface area contributed by atoms with Crippen LogP contribution in [0.15, 0.2) is 24.3 Å². The molecule has 0 spiro atoms. The molecule has 0 aliphatic rings. The number of para-hydroxylation sites is 1. The number of amides is 1. The van der Waals surface area contributed by atoms with E-state index >= 15 is 0 Å². The Balaban J connectivity index is 1.97. The summed E-state index contributed by atoms with van der Waals surface area (Å²) in [5.41, 5.74) is 4.54. The van der Waals surface area contributed by atoms with Gasteiger partial charge in [0.1, 0.15) is 0 Å². The molecule has 1 aromatic carbocycles. The van der Waals surface area contributed by atoms with Crippen LogP contribution in [0.2, 0.25) is 0 Å². The summed E-state index contributed by atoms with van der Waals surface area (Å²) in [6.07, 6.45) is 0. The fourth-order valence-corrected chi connectivity index (χ4v) is 2.44. The van der Waals surface area contributed by atoms with Gasteiger partial charge in [-0.25, -0.2) is 9.50 Å². The largest absolute Gasteiger partial charge is 0.319 e. The lowest BCUT2D eigenvalue weighted by Crippen LogP contribution is -2.15. The van der Waals surface area contributed by atoms with Crippen molar-refractivity contribution in [3.63, 3.8) is 0 Å². The number of benzene rings is 1. The van der Waals surface area contributed by atoms with Gasteiger partial charge in [0.15, 0.2) is 0 Å². The molecule has 3 aromatic rings. The minimum Gasteiger partial charge on any atom is -0.319 e. The van der Waals surface area contributed by atoms with Crippen LogP contribution < -0.4 is 5.32 Å².